The van der Waals surface area contributed by atoms with Gasteiger partial charge in [0.15, 0.2) is 12.4 Å². The molecule has 0 heterocycles. The van der Waals surface area contributed by atoms with E-state index in [0.29, 0.717) is 13.0 Å². The van der Waals surface area contributed by atoms with Gasteiger partial charge < -0.3 is 19.5 Å². The molecule has 0 aromatic heterocycles. The molecule has 0 spiro atoms. The normalized spacial score (nSPS) is 10.1. The molecule has 2 rings (SSSR count). The first-order chi connectivity index (χ1) is 13.5. The third-order valence-electron chi connectivity index (χ3n) is 3.85. The summed E-state index contributed by atoms with van der Waals surface area (Å²) >= 11 is 0. The SMILES string of the molecule is COc1ccccc1CCNC(=O)COC(=O)c1ccc(OC)c([N+](=O)[O-])c1. The maximum absolute atomic E-state index is 12.0. The number of carbonyl (C=O) groups excluding carboxylic acids is 2. The summed E-state index contributed by atoms with van der Waals surface area (Å²) in [6.07, 6.45) is 0.550. The number of hydrogen-bond donors (Lipinski definition) is 1. The Morgan fingerprint density at radius 2 is 1.79 bits per heavy atom. The van der Waals surface area contributed by atoms with Crippen molar-refractivity contribution in [2.24, 2.45) is 0 Å². The van der Waals surface area contributed by atoms with E-state index in [1.54, 1.807) is 7.11 Å². The second kappa shape index (κ2) is 9.91. The standard InChI is InChI=1S/C19H20N2O7/c1-26-16-6-4-3-5-13(16)9-10-20-18(22)12-28-19(23)14-7-8-17(27-2)15(11-14)21(24)25/h3-8,11H,9-10,12H2,1-2H3,(H,20,22). The summed E-state index contributed by atoms with van der Waals surface area (Å²) in [6, 6.07) is 11.1. The minimum Gasteiger partial charge on any atom is -0.496 e. The van der Waals surface area contributed by atoms with E-state index in [9.17, 15) is 19.7 Å². The number of ether oxygens (including phenoxy) is 3. The lowest BCUT2D eigenvalue weighted by Crippen LogP contribution is -2.30. The smallest absolute Gasteiger partial charge is 0.338 e. The molecule has 28 heavy (non-hydrogen) atoms. The fourth-order valence-electron chi connectivity index (χ4n) is 2.47. The van der Waals surface area contributed by atoms with Crippen molar-refractivity contribution in [2.45, 2.75) is 6.42 Å². The maximum Gasteiger partial charge on any atom is 0.338 e. The number of hydrogen-bond acceptors (Lipinski definition) is 7. The lowest BCUT2D eigenvalue weighted by molar-refractivity contribution is -0.385. The first kappa shape index (κ1) is 20.7. The van der Waals surface area contributed by atoms with E-state index in [1.165, 1.54) is 19.2 Å². The van der Waals surface area contributed by atoms with Gasteiger partial charge in [-0.15, -0.1) is 0 Å². The summed E-state index contributed by atoms with van der Waals surface area (Å²) in [5, 5.41) is 13.6. The third-order valence-corrected chi connectivity index (χ3v) is 3.85. The molecule has 0 unspecified atom stereocenters. The lowest BCUT2D eigenvalue weighted by atomic mass is 10.1. The zero-order valence-electron chi connectivity index (χ0n) is 15.5. The summed E-state index contributed by atoms with van der Waals surface area (Å²) in [4.78, 5) is 34.2. The van der Waals surface area contributed by atoms with E-state index in [4.69, 9.17) is 14.2 Å². The quantitative estimate of drug-likeness (QED) is 0.397. The van der Waals surface area contributed by atoms with E-state index in [0.717, 1.165) is 17.4 Å². The summed E-state index contributed by atoms with van der Waals surface area (Å²) in [7, 11) is 2.86. The Hall–Kier alpha value is -3.62. The molecule has 0 atom stereocenters. The summed E-state index contributed by atoms with van der Waals surface area (Å²) in [6.45, 7) is -0.157. The van der Waals surface area contributed by atoms with Crippen LogP contribution >= 0.6 is 0 Å². The Morgan fingerprint density at radius 1 is 1.07 bits per heavy atom. The summed E-state index contributed by atoms with van der Waals surface area (Å²) in [5.74, 6) is -0.572. The predicted octanol–water partition coefficient (Wildman–Crippen LogP) is 2.13. The largest absolute Gasteiger partial charge is 0.496 e. The van der Waals surface area contributed by atoms with Crippen molar-refractivity contribution < 1.29 is 28.7 Å². The van der Waals surface area contributed by atoms with Crippen LogP contribution in [-0.2, 0) is 16.0 Å². The van der Waals surface area contributed by atoms with Gasteiger partial charge in [-0.05, 0) is 30.2 Å². The van der Waals surface area contributed by atoms with E-state index in [2.05, 4.69) is 5.32 Å². The number of nitro groups is 1. The zero-order valence-corrected chi connectivity index (χ0v) is 15.5. The number of carbonyl (C=O) groups is 2. The number of methoxy groups -OCH3 is 2. The van der Waals surface area contributed by atoms with Crippen LogP contribution in [0.15, 0.2) is 42.5 Å². The first-order valence-electron chi connectivity index (χ1n) is 8.34. The van der Waals surface area contributed by atoms with Crippen molar-refractivity contribution in [3.8, 4) is 11.5 Å². The Labute approximate surface area is 161 Å². The van der Waals surface area contributed by atoms with Gasteiger partial charge in [-0.2, -0.15) is 0 Å². The van der Waals surface area contributed by atoms with Crippen molar-refractivity contribution in [1.29, 1.82) is 0 Å². The highest BCUT2D eigenvalue weighted by Crippen LogP contribution is 2.27. The molecule has 9 nitrogen and oxygen atoms in total. The Bertz CT molecular complexity index is 867. The van der Waals surface area contributed by atoms with Crippen molar-refractivity contribution in [3.63, 3.8) is 0 Å². The lowest BCUT2D eigenvalue weighted by Gasteiger charge is -2.09. The van der Waals surface area contributed by atoms with Crippen molar-refractivity contribution >= 4 is 17.6 Å². The summed E-state index contributed by atoms with van der Waals surface area (Å²) in [5.41, 5.74) is 0.528. The molecule has 9 heteroatoms. The van der Waals surface area contributed by atoms with Gasteiger partial charge in [0.25, 0.3) is 5.91 Å². The molecule has 2 aromatic carbocycles. The molecule has 0 aliphatic carbocycles. The van der Waals surface area contributed by atoms with Crippen molar-refractivity contribution in [1.82, 2.24) is 5.32 Å². The molecule has 0 bridgehead atoms. The molecule has 0 saturated heterocycles. The number of rotatable bonds is 9. The average Bonchev–Trinajstić information content (AvgIpc) is 2.71. The van der Waals surface area contributed by atoms with E-state index >= 15 is 0 Å². The van der Waals surface area contributed by atoms with Gasteiger partial charge in [0.1, 0.15) is 5.75 Å². The van der Waals surface area contributed by atoms with Crippen LogP contribution in [0.1, 0.15) is 15.9 Å². The molecule has 0 fully saturated rings. The number of nitrogens with zero attached hydrogens (tertiary/aromatic N) is 1. The van der Waals surface area contributed by atoms with Gasteiger partial charge in [0.05, 0.1) is 24.7 Å². The Balaban J connectivity index is 1.84. The van der Waals surface area contributed by atoms with Gasteiger partial charge in [0.2, 0.25) is 0 Å². The van der Waals surface area contributed by atoms with Gasteiger partial charge in [-0.3, -0.25) is 14.9 Å². The third kappa shape index (κ3) is 5.44. The van der Waals surface area contributed by atoms with Crippen LogP contribution in [0.2, 0.25) is 0 Å². The minimum atomic E-state index is -0.842. The van der Waals surface area contributed by atoms with Crippen LogP contribution in [0, 0.1) is 10.1 Å². The number of para-hydroxylation sites is 1. The number of esters is 1. The molecule has 1 N–H and O–H groups in total. The minimum absolute atomic E-state index is 0.0237. The van der Waals surface area contributed by atoms with Crippen molar-refractivity contribution in [2.75, 3.05) is 27.4 Å². The highest BCUT2D eigenvalue weighted by molar-refractivity contribution is 5.92. The number of nitro benzene ring substituents is 1. The topological polar surface area (TPSA) is 117 Å². The molecular formula is C19H20N2O7. The molecule has 0 saturated carbocycles. The Morgan fingerprint density at radius 3 is 2.46 bits per heavy atom. The molecule has 148 valence electrons. The first-order valence-corrected chi connectivity index (χ1v) is 8.34. The molecule has 1 amide bonds. The molecule has 0 aliphatic heterocycles. The second-order valence-electron chi connectivity index (χ2n) is 5.63. The monoisotopic (exact) mass is 388 g/mol. The van der Waals surface area contributed by atoms with E-state index in [1.807, 2.05) is 24.3 Å². The summed E-state index contributed by atoms with van der Waals surface area (Å²) < 4.78 is 15.0. The van der Waals surface area contributed by atoms with Gasteiger partial charge in [-0.25, -0.2) is 4.79 Å². The number of amides is 1. The number of nitrogens with one attached hydrogen (secondary N) is 1. The van der Waals surface area contributed by atoms with Gasteiger partial charge in [-0.1, -0.05) is 18.2 Å². The van der Waals surface area contributed by atoms with Crippen LogP contribution in [0.5, 0.6) is 11.5 Å². The fourth-order valence-corrected chi connectivity index (χ4v) is 2.47. The van der Waals surface area contributed by atoms with Crippen LogP contribution in [-0.4, -0.2) is 44.2 Å². The molecular weight excluding hydrogens is 368 g/mol. The second-order valence-corrected chi connectivity index (χ2v) is 5.63. The Kier molecular flexibility index (Phi) is 7.32. The molecule has 0 radical (unpaired) electrons. The van der Waals surface area contributed by atoms with E-state index < -0.39 is 23.4 Å². The van der Waals surface area contributed by atoms with E-state index in [-0.39, 0.29) is 17.0 Å². The van der Waals surface area contributed by atoms with Crippen LogP contribution < -0.4 is 14.8 Å². The van der Waals surface area contributed by atoms with Gasteiger partial charge in [0, 0.05) is 12.6 Å². The van der Waals surface area contributed by atoms with Crippen molar-refractivity contribution in [3.05, 3.63) is 63.7 Å². The maximum atomic E-state index is 12.0. The molecule has 2 aromatic rings. The predicted molar refractivity (Wildman–Crippen MR) is 99.6 cm³/mol. The highest BCUT2D eigenvalue weighted by atomic mass is 16.6. The van der Waals surface area contributed by atoms with Crippen LogP contribution in [0.3, 0.4) is 0 Å². The van der Waals surface area contributed by atoms with Crippen LogP contribution in [0.4, 0.5) is 5.69 Å². The highest BCUT2D eigenvalue weighted by Gasteiger charge is 2.19. The zero-order chi connectivity index (χ0) is 20.5. The van der Waals surface area contributed by atoms with Gasteiger partial charge >= 0.3 is 11.7 Å². The number of benzene rings is 2. The molecule has 0 aliphatic rings. The fraction of sp³-hybridized carbons (Fsp3) is 0.263. The van der Waals surface area contributed by atoms with Crippen LogP contribution in [0.25, 0.3) is 0 Å². The average molecular weight is 388 g/mol.